The molecule has 7 heteroatoms. The zero-order valence-corrected chi connectivity index (χ0v) is 9.59. The van der Waals surface area contributed by atoms with Crippen LogP contribution in [0.25, 0.3) is 0 Å². The van der Waals surface area contributed by atoms with Gasteiger partial charge < -0.3 is 15.6 Å². The van der Waals surface area contributed by atoms with Crippen LogP contribution in [0.2, 0.25) is 5.02 Å². The summed E-state index contributed by atoms with van der Waals surface area (Å²) in [6.45, 7) is 1.53. The van der Waals surface area contributed by atoms with Crippen LogP contribution in [-0.2, 0) is 0 Å². The number of aliphatic hydroxyl groups is 1. The molecule has 3 nitrogen and oxygen atoms in total. The van der Waals surface area contributed by atoms with Crippen LogP contribution >= 0.6 is 11.6 Å². The van der Waals surface area contributed by atoms with Gasteiger partial charge in [-0.2, -0.15) is 0 Å². The molecule has 2 atom stereocenters. The first-order chi connectivity index (χ1) is 7.70. The molecule has 0 aromatic heterocycles. The van der Waals surface area contributed by atoms with E-state index in [0.717, 1.165) is 6.07 Å². The summed E-state index contributed by atoms with van der Waals surface area (Å²) in [5.74, 6) is -0.559. The quantitative estimate of drug-likeness (QED) is 0.887. The topological polar surface area (TPSA) is 55.5 Å². The molecular weight excluding hydrogens is 259 g/mol. The van der Waals surface area contributed by atoms with Crippen molar-refractivity contribution in [3.8, 4) is 5.75 Å². The van der Waals surface area contributed by atoms with Gasteiger partial charge in [-0.15, -0.1) is 13.2 Å². The van der Waals surface area contributed by atoms with Gasteiger partial charge in [0.1, 0.15) is 5.75 Å². The molecule has 96 valence electrons. The van der Waals surface area contributed by atoms with E-state index in [2.05, 4.69) is 4.74 Å². The molecule has 0 radical (unpaired) electrons. The summed E-state index contributed by atoms with van der Waals surface area (Å²) in [4.78, 5) is 0. The Labute approximate surface area is 101 Å². The Balaban J connectivity index is 3.02. The van der Waals surface area contributed by atoms with Crippen molar-refractivity contribution in [2.75, 3.05) is 0 Å². The summed E-state index contributed by atoms with van der Waals surface area (Å²) in [6.07, 6.45) is -5.91. The predicted molar refractivity (Wildman–Crippen MR) is 56.7 cm³/mol. The second-order valence-electron chi connectivity index (χ2n) is 3.54. The van der Waals surface area contributed by atoms with Gasteiger partial charge in [0.2, 0.25) is 0 Å². The number of aliphatic hydroxyl groups excluding tert-OH is 1. The van der Waals surface area contributed by atoms with Crippen molar-refractivity contribution in [3.05, 3.63) is 28.8 Å². The normalized spacial score (nSPS) is 15.5. The molecule has 0 aliphatic rings. The first-order valence-electron chi connectivity index (χ1n) is 4.69. The highest BCUT2D eigenvalue weighted by atomic mass is 35.5. The monoisotopic (exact) mass is 269 g/mol. The Morgan fingerprint density at radius 1 is 1.41 bits per heavy atom. The highest BCUT2D eigenvalue weighted by Gasteiger charge is 2.32. The number of halogens is 4. The van der Waals surface area contributed by atoms with E-state index in [-0.39, 0.29) is 10.6 Å². The SMILES string of the molecule is C[C@H](N)[C@H](O)c1ccc(Cl)c(OC(F)(F)F)c1. The van der Waals surface area contributed by atoms with Gasteiger partial charge in [-0.3, -0.25) is 0 Å². The van der Waals surface area contributed by atoms with Crippen molar-refractivity contribution in [2.24, 2.45) is 5.73 Å². The van der Waals surface area contributed by atoms with Gasteiger partial charge in [-0.25, -0.2) is 0 Å². The van der Waals surface area contributed by atoms with Crippen molar-refractivity contribution in [1.29, 1.82) is 0 Å². The third-order valence-corrected chi connectivity index (χ3v) is 2.33. The molecule has 0 spiro atoms. The van der Waals surface area contributed by atoms with Gasteiger partial charge in [0.05, 0.1) is 11.1 Å². The Morgan fingerprint density at radius 2 is 2.00 bits per heavy atom. The summed E-state index contributed by atoms with van der Waals surface area (Å²) < 4.78 is 39.9. The van der Waals surface area contributed by atoms with Crippen LogP contribution in [0, 0.1) is 0 Å². The van der Waals surface area contributed by atoms with Crippen LogP contribution < -0.4 is 10.5 Å². The fourth-order valence-electron chi connectivity index (χ4n) is 1.21. The lowest BCUT2D eigenvalue weighted by Gasteiger charge is -2.17. The van der Waals surface area contributed by atoms with E-state index in [4.69, 9.17) is 17.3 Å². The summed E-state index contributed by atoms with van der Waals surface area (Å²) >= 11 is 5.55. The number of alkyl halides is 3. The molecule has 1 rings (SSSR count). The number of rotatable bonds is 3. The van der Waals surface area contributed by atoms with Crippen LogP contribution in [0.5, 0.6) is 5.75 Å². The third kappa shape index (κ3) is 4.07. The Morgan fingerprint density at radius 3 is 2.47 bits per heavy atom. The van der Waals surface area contributed by atoms with Crippen molar-refractivity contribution < 1.29 is 23.0 Å². The molecular formula is C10H11ClF3NO2. The lowest BCUT2D eigenvalue weighted by atomic mass is 10.0. The van der Waals surface area contributed by atoms with Gasteiger partial charge in [0.25, 0.3) is 0 Å². The van der Waals surface area contributed by atoms with Crippen molar-refractivity contribution in [2.45, 2.75) is 25.4 Å². The smallest absolute Gasteiger partial charge is 0.404 e. The maximum absolute atomic E-state index is 12.0. The summed E-state index contributed by atoms with van der Waals surface area (Å²) in [5, 5.41) is 9.41. The zero-order valence-electron chi connectivity index (χ0n) is 8.83. The summed E-state index contributed by atoms with van der Waals surface area (Å²) in [7, 11) is 0. The fourth-order valence-corrected chi connectivity index (χ4v) is 1.37. The lowest BCUT2D eigenvalue weighted by molar-refractivity contribution is -0.274. The molecule has 0 aliphatic carbocycles. The van der Waals surface area contributed by atoms with Crippen LogP contribution in [0.15, 0.2) is 18.2 Å². The minimum atomic E-state index is -4.83. The molecule has 0 unspecified atom stereocenters. The maximum atomic E-state index is 12.0. The average molecular weight is 270 g/mol. The van der Waals surface area contributed by atoms with Crippen molar-refractivity contribution in [3.63, 3.8) is 0 Å². The van der Waals surface area contributed by atoms with Crippen LogP contribution in [0.3, 0.4) is 0 Å². The van der Waals surface area contributed by atoms with E-state index in [1.165, 1.54) is 19.1 Å². The minimum Gasteiger partial charge on any atom is -0.404 e. The molecule has 1 aromatic carbocycles. The van der Waals surface area contributed by atoms with Crippen molar-refractivity contribution >= 4 is 11.6 Å². The Kier molecular flexibility index (Phi) is 4.24. The van der Waals surface area contributed by atoms with Crippen LogP contribution in [0.4, 0.5) is 13.2 Å². The average Bonchev–Trinajstić information content (AvgIpc) is 2.18. The number of nitrogens with two attached hydrogens (primary N) is 1. The highest BCUT2D eigenvalue weighted by Crippen LogP contribution is 2.32. The van der Waals surface area contributed by atoms with E-state index in [9.17, 15) is 18.3 Å². The van der Waals surface area contributed by atoms with E-state index < -0.39 is 24.3 Å². The van der Waals surface area contributed by atoms with Crippen molar-refractivity contribution in [1.82, 2.24) is 0 Å². The molecule has 0 bridgehead atoms. The molecule has 0 saturated carbocycles. The second-order valence-corrected chi connectivity index (χ2v) is 3.95. The van der Waals surface area contributed by atoms with Crippen LogP contribution in [0.1, 0.15) is 18.6 Å². The zero-order chi connectivity index (χ0) is 13.2. The fraction of sp³-hybridized carbons (Fsp3) is 0.400. The first-order valence-corrected chi connectivity index (χ1v) is 5.07. The van der Waals surface area contributed by atoms with Gasteiger partial charge in [-0.1, -0.05) is 17.7 Å². The minimum absolute atomic E-state index is 0.192. The molecule has 0 saturated heterocycles. The highest BCUT2D eigenvalue weighted by molar-refractivity contribution is 6.32. The number of ether oxygens (including phenoxy) is 1. The molecule has 0 heterocycles. The summed E-state index contributed by atoms with van der Waals surface area (Å²) in [6, 6.07) is 3.00. The van der Waals surface area contributed by atoms with Gasteiger partial charge in [0.15, 0.2) is 0 Å². The van der Waals surface area contributed by atoms with Gasteiger partial charge in [0, 0.05) is 6.04 Å². The molecule has 17 heavy (non-hydrogen) atoms. The molecule has 0 aliphatic heterocycles. The first kappa shape index (κ1) is 14.1. The standard InChI is InChI=1S/C10H11ClF3NO2/c1-5(15)9(16)6-2-3-7(11)8(4-6)17-10(12,13)14/h2-5,9,16H,15H2,1H3/t5-,9-/m0/s1. The Hall–Kier alpha value is -0.980. The maximum Gasteiger partial charge on any atom is 0.573 e. The molecule has 1 aromatic rings. The van der Waals surface area contributed by atoms with E-state index >= 15 is 0 Å². The predicted octanol–water partition coefficient (Wildman–Crippen LogP) is 2.62. The molecule has 0 amide bonds. The van der Waals surface area contributed by atoms with Gasteiger partial charge in [-0.05, 0) is 24.6 Å². The largest absolute Gasteiger partial charge is 0.573 e. The summed E-state index contributed by atoms with van der Waals surface area (Å²) in [5.41, 5.74) is 5.65. The van der Waals surface area contributed by atoms with Crippen LogP contribution in [-0.4, -0.2) is 17.5 Å². The van der Waals surface area contributed by atoms with E-state index in [0.29, 0.717) is 0 Å². The molecule has 0 fully saturated rings. The lowest BCUT2D eigenvalue weighted by Crippen LogP contribution is -2.24. The number of hydrogen-bond acceptors (Lipinski definition) is 3. The molecule has 3 N–H and O–H groups in total. The van der Waals surface area contributed by atoms with E-state index in [1.807, 2.05) is 0 Å². The second kappa shape index (κ2) is 5.12. The number of hydrogen-bond donors (Lipinski definition) is 2. The number of benzene rings is 1. The van der Waals surface area contributed by atoms with Gasteiger partial charge >= 0.3 is 6.36 Å². The third-order valence-electron chi connectivity index (χ3n) is 2.02. The van der Waals surface area contributed by atoms with E-state index in [1.54, 1.807) is 0 Å². The Bertz CT molecular complexity index is 396.